The highest BCUT2D eigenvalue weighted by molar-refractivity contribution is 4.73. The molecular weight excluding hydrogens is 216 g/mol. The van der Waals surface area contributed by atoms with Crippen molar-refractivity contribution in [3.63, 3.8) is 0 Å². The van der Waals surface area contributed by atoms with E-state index < -0.39 is 0 Å². The van der Waals surface area contributed by atoms with E-state index in [-0.39, 0.29) is 0 Å². The zero-order valence-electron chi connectivity index (χ0n) is 13.4. The van der Waals surface area contributed by atoms with Gasteiger partial charge in [0.25, 0.3) is 0 Å². The van der Waals surface area contributed by atoms with Crippen LogP contribution in [0.25, 0.3) is 0 Å². The Morgan fingerprint density at radius 1 is 0.500 bits per heavy atom. The average molecular weight is 252 g/mol. The third kappa shape index (κ3) is 5.33. The number of hydrogen-bond acceptors (Lipinski definition) is 0. The van der Waals surface area contributed by atoms with Crippen LogP contribution in [0.3, 0.4) is 0 Å². The van der Waals surface area contributed by atoms with Crippen molar-refractivity contribution in [2.24, 2.45) is 23.7 Å². The molecule has 0 aromatic carbocycles. The van der Waals surface area contributed by atoms with Crippen LogP contribution in [-0.4, -0.2) is 0 Å². The molecule has 0 saturated heterocycles. The molecule has 0 N–H and O–H groups in total. The Morgan fingerprint density at radius 3 is 0.833 bits per heavy atom. The summed E-state index contributed by atoms with van der Waals surface area (Å²) in [7, 11) is 0. The highest BCUT2D eigenvalue weighted by Gasteiger charge is 2.21. The van der Waals surface area contributed by atoms with Gasteiger partial charge in [0.05, 0.1) is 0 Å². The van der Waals surface area contributed by atoms with Crippen molar-refractivity contribution in [1.29, 1.82) is 0 Å². The zero-order chi connectivity index (χ0) is 13.4. The minimum atomic E-state index is 1.08. The average Bonchev–Trinajstić information content (AvgIpc) is 3.07. The highest BCUT2D eigenvalue weighted by Crippen LogP contribution is 2.35. The first-order valence-corrected chi connectivity index (χ1v) is 8.73. The van der Waals surface area contributed by atoms with Crippen LogP contribution in [0.1, 0.15) is 91.9 Å². The molecule has 0 bridgehead atoms. The van der Waals surface area contributed by atoms with Crippen LogP contribution >= 0.6 is 0 Å². The normalized spacial score (nSPS) is 35.3. The van der Waals surface area contributed by atoms with E-state index in [1.165, 1.54) is 64.2 Å². The fourth-order valence-corrected chi connectivity index (χ4v) is 3.84. The van der Waals surface area contributed by atoms with Gasteiger partial charge in [-0.05, 0) is 36.5 Å². The van der Waals surface area contributed by atoms with E-state index in [4.69, 9.17) is 0 Å². The Morgan fingerprint density at radius 2 is 0.722 bits per heavy atom. The molecule has 0 aromatic rings. The van der Waals surface area contributed by atoms with Crippen LogP contribution < -0.4 is 0 Å². The van der Waals surface area contributed by atoms with E-state index in [1.54, 1.807) is 0 Å². The van der Waals surface area contributed by atoms with E-state index in [2.05, 4.69) is 27.7 Å². The van der Waals surface area contributed by atoms with Crippen molar-refractivity contribution in [2.45, 2.75) is 91.9 Å². The second-order valence-corrected chi connectivity index (χ2v) is 6.72. The molecule has 0 radical (unpaired) electrons. The fourth-order valence-electron chi connectivity index (χ4n) is 3.84. The quantitative estimate of drug-likeness (QED) is 0.539. The van der Waals surface area contributed by atoms with E-state index in [0.717, 1.165) is 23.7 Å². The summed E-state index contributed by atoms with van der Waals surface area (Å²) in [4.78, 5) is 0. The SMILES string of the molecule is CC[C@@H]1CC[C@H](CC)C1.CC[C@H]1CC[C@H](CC)C1. The van der Waals surface area contributed by atoms with Gasteiger partial charge in [-0.25, -0.2) is 0 Å². The minimum Gasteiger partial charge on any atom is -0.0651 e. The Hall–Kier alpha value is 0. The molecule has 0 unspecified atom stereocenters. The summed E-state index contributed by atoms with van der Waals surface area (Å²) in [5.74, 6) is 4.31. The Bertz CT molecular complexity index is 154. The van der Waals surface area contributed by atoms with Crippen LogP contribution in [0.5, 0.6) is 0 Å². The van der Waals surface area contributed by atoms with Crippen LogP contribution in [0.15, 0.2) is 0 Å². The van der Waals surface area contributed by atoms with E-state index >= 15 is 0 Å². The molecule has 0 spiro atoms. The van der Waals surface area contributed by atoms with Gasteiger partial charge in [-0.3, -0.25) is 0 Å². The largest absolute Gasteiger partial charge is 0.0651 e. The molecular formula is C18H36. The molecule has 2 saturated carbocycles. The molecule has 2 rings (SSSR count). The van der Waals surface area contributed by atoms with Gasteiger partial charge in [-0.15, -0.1) is 0 Å². The maximum atomic E-state index is 2.32. The van der Waals surface area contributed by atoms with Gasteiger partial charge in [0, 0.05) is 0 Å². The Kier molecular flexibility index (Phi) is 8.02. The van der Waals surface area contributed by atoms with Crippen LogP contribution in [-0.2, 0) is 0 Å². The van der Waals surface area contributed by atoms with Crippen molar-refractivity contribution < 1.29 is 0 Å². The van der Waals surface area contributed by atoms with Gasteiger partial charge < -0.3 is 0 Å². The molecule has 0 nitrogen and oxygen atoms in total. The third-order valence-corrected chi connectivity index (χ3v) is 5.61. The summed E-state index contributed by atoms with van der Waals surface area (Å²) < 4.78 is 0. The summed E-state index contributed by atoms with van der Waals surface area (Å²) in [5, 5.41) is 0. The lowest BCUT2D eigenvalue weighted by molar-refractivity contribution is 0.471. The molecule has 2 aliphatic carbocycles. The molecule has 0 aromatic heterocycles. The van der Waals surface area contributed by atoms with Gasteiger partial charge in [-0.1, -0.05) is 79.1 Å². The fraction of sp³-hybridized carbons (Fsp3) is 1.00. The Labute approximate surface area is 116 Å². The standard InChI is InChI=1S/2C9H18/c2*1-3-8-5-6-9(4-2)7-8/h2*8-9H,3-7H2,1-2H3/t8-,9+;8-,9-/m.0/s1. The van der Waals surface area contributed by atoms with Crippen LogP contribution in [0.4, 0.5) is 0 Å². The van der Waals surface area contributed by atoms with Crippen molar-refractivity contribution in [3.8, 4) is 0 Å². The number of rotatable bonds is 4. The van der Waals surface area contributed by atoms with Gasteiger partial charge in [0.1, 0.15) is 0 Å². The smallest absolute Gasteiger partial charge is 0.0414 e. The summed E-state index contributed by atoms with van der Waals surface area (Å²) in [6.45, 7) is 9.29. The predicted octanol–water partition coefficient (Wildman–Crippen LogP) is 6.45. The minimum absolute atomic E-state index is 1.08. The Balaban J connectivity index is 0.000000180. The lowest BCUT2D eigenvalue weighted by Gasteiger charge is -2.05. The first kappa shape index (κ1) is 16.1. The first-order valence-electron chi connectivity index (χ1n) is 8.73. The van der Waals surface area contributed by atoms with E-state index in [1.807, 2.05) is 0 Å². The van der Waals surface area contributed by atoms with Crippen LogP contribution in [0, 0.1) is 23.7 Å². The molecule has 0 aliphatic heterocycles. The molecule has 4 atom stereocenters. The molecule has 0 heteroatoms. The summed E-state index contributed by atoms with van der Waals surface area (Å²) >= 11 is 0. The highest BCUT2D eigenvalue weighted by atomic mass is 14.3. The second-order valence-electron chi connectivity index (χ2n) is 6.72. The van der Waals surface area contributed by atoms with Crippen LogP contribution in [0.2, 0.25) is 0 Å². The van der Waals surface area contributed by atoms with E-state index in [9.17, 15) is 0 Å². The van der Waals surface area contributed by atoms with Crippen molar-refractivity contribution in [3.05, 3.63) is 0 Å². The molecule has 2 aliphatic rings. The topological polar surface area (TPSA) is 0 Å². The third-order valence-electron chi connectivity index (χ3n) is 5.61. The van der Waals surface area contributed by atoms with Crippen molar-refractivity contribution >= 4 is 0 Å². The van der Waals surface area contributed by atoms with Gasteiger partial charge in [0.2, 0.25) is 0 Å². The number of hydrogen-bond donors (Lipinski definition) is 0. The predicted molar refractivity (Wildman–Crippen MR) is 82.8 cm³/mol. The lowest BCUT2D eigenvalue weighted by atomic mass is 10.0. The molecule has 18 heavy (non-hydrogen) atoms. The monoisotopic (exact) mass is 252 g/mol. The summed E-state index contributed by atoms with van der Waals surface area (Å²) in [6.07, 6.45) is 14.7. The molecule has 0 heterocycles. The van der Waals surface area contributed by atoms with Crippen molar-refractivity contribution in [1.82, 2.24) is 0 Å². The summed E-state index contributed by atoms with van der Waals surface area (Å²) in [6, 6.07) is 0. The summed E-state index contributed by atoms with van der Waals surface area (Å²) in [5.41, 5.74) is 0. The van der Waals surface area contributed by atoms with Gasteiger partial charge in [-0.2, -0.15) is 0 Å². The van der Waals surface area contributed by atoms with Gasteiger partial charge in [0.15, 0.2) is 0 Å². The maximum absolute atomic E-state index is 2.32. The van der Waals surface area contributed by atoms with Crippen molar-refractivity contribution in [2.75, 3.05) is 0 Å². The van der Waals surface area contributed by atoms with E-state index in [0.29, 0.717) is 0 Å². The molecule has 108 valence electrons. The second kappa shape index (κ2) is 8.99. The lowest BCUT2D eigenvalue weighted by Crippen LogP contribution is -1.92. The van der Waals surface area contributed by atoms with Gasteiger partial charge >= 0.3 is 0 Å². The molecule has 0 amide bonds. The zero-order valence-corrected chi connectivity index (χ0v) is 13.4. The molecule has 2 fully saturated rings. The first-order chi connectivity index (χ1) is 8.73. The maximum Gasteiger partial charge on any atom is -0.0414 e.